The van der Waals surface area contributed by atoms with Crippen LogP contribution in [0.3, 0.4) is 0 Å². The third-order valence-electron chi connectivity index (χ3n) is 3.91. The smallest absolute Gasteiger partial charge is 0.225 e. The Bertz CT molecular complexity index is 234. The molecular weight excluding hydrogens is 162 g/mol. The van der Waals surface area contributed by atoms with E-state index in [0.29, 0.717) is 17.9 Å². The van der Waals surface area contributed by atoms with Crippen LogP contribution in [0.5, 0.6) is 0 Å². The fraction of sp³-hybridized carbons (Fsp3) is 0.909. The predicted molar refractivity (Wildman–Crippen MR) is 50.2 cm³/mol. The standard InChI is InChI=1S/C11H17NO/c13-11(8-5-6-8)12-7-9-3-1-2-4-10(9)12/h8-10H,1-7H2. The van der Waals surface area contributed by atoms with Crippen LogP contribution in [0.2, 0.25) is 0 Å². The Morgan fingerprint density at radius 1 is 1.08 bits per heavy atom. The lowest BCUT2D eigenvalue weighted by atomic mass is 9.76. The quantitative estimate of drug-likeness (QED) is 0.601. The van der Waals surface area contributed by atoms with Gasteiger partial charge in [-0.1, -0.05) is 12.8 Å². The Balaban J connectivity index is 1.64. The first-order valence-corrected chi connectivity index (χ1v) is 5.67. The molecule has 1 amide bonds. The first-order valence-electron chi connectivity index (χ1n) is 5.67. The monoisotopic (exact) mass is 179 g/mol. The third-order valence-corrected chi connectivity index (χ3v) is 3.91. The van der Waals surface area contributed by atoms with Crippen molar-refractivity contribution in [2.75, 3.05) is 6.54 Å². The summed E-state index contributed by atoms with van der Waals surface area (Å²) in [5.41, 5.74) is 0. The second-order valence-electron chi connectivity index (χ2n) is 4.88. The summed E-state index contributed by atoms with van der Waals surface area (Å²) in [7, 11) is 0. The maximum Gasteiger partial charge on any atom is 0.225 e. The van der Waals surface area contributed by atoms with Crippen molar-refractivity contribution in [1.29, 1.82) is 0 Å². The van der Waals surface area contributed by atoms with Gasteiger partial charge in [-0.25, -0.2) is 0 Å². The zero-order valence-corrected chi connectivity index (χ0v) is 8.04. The van der Waals surface area contributed by atoms with Gasteiger partial charge in [-0.3, -0.25) is 4.79 Å². The van der Waals surface area contributed by atoms with Crippen molar-refractivity contribution >= 4 is 5.91 Å². The molecule has 2 aliphatic carbocycles. The number of amides is 1. The molecule has 2 heteroatoms. The minimum Gasteiger partial charge on any atom is -0.339 e. The molecule has 0 aromatic heterocycles. The molecule has 2 atom stereocenters. The molecule has 3 aliphatic rings. The van der Waals surface area contributed by atoms with Crippen molar-refractivity contribution in [1.82, 2.24) is 4.90 Å². The normalized spacial score (nSPS) is 38.0. The van der Waals surface area contributed by atoms with Crippen LogP contribution in [0.25, 0.3) is 0 Å². The van der Waals surface area contributed by atoms with E-state index in [1.54, 1.807) is 0 Å². The Morgan fingerprint density at radius 2 is 1.85 bits per heavy atom. The molecule has 0 aromatic carbocycles. The summed E-state index contributed by atoms with van der Waals surface area (Å²) in [6.07, 6.45) is 7.71. The molecular formula is C11H17NO. The molecule has 3 rings (SSSR count). The van der Waals surface area contributed by atoms with Crippen LogP contribution >= 0.6 is 0 Å². The van der Waals surface area contributed by atoms with Gasteiger partial charge in [0.25, 0.3) is 0 Å². The van der Waals surface area contributed by atoms with Gasteiger partial charge in [0.2, 0.25) is 5.91 Å². The molecule has 2 unspecified atom stereocenters. The molecule has 2 nitrogen and oxygen atoms in total. The van der Waals surface area contributed by atoms with Crippen molar-refractivity contribution in [3.8, 4) is 0 Å². The van der Waals surface area contributed by atoms with Gasteiger partial charge in [0.05, 0.1) is 0 Å². The largest absolute Gasteiger partial charge is 0.339 e. The zero-order chi connectivity index (χ0) is 8.84. The van der Waals surface area contributed by atoms with Crippen LogP contribution in [0.1, 0.15) is 38.5 Å². The SMILES string of the molecule is O=C(C1CC1)N1CC2CCCCC21. The van der Waals surface area contributed by atoms with Gasteiger partial charge in [-0.15, -0.1) is 0 Å². The van der Waals surface area contributed by atoms with Crippen LogP contribution in [-0.4, -0.2) is 23.4 Å². The van der Waals surface area contributed by atoms with E-state index in [0.717, 1.165) is 25.3 Å². The average Bonchev–Trinajstić information content (AvgIpc) is 2.89. The van der Waals surface area contributed by atoms with E-state index in [1.807, 2.05) is 0 Å². The Labute approximate surface area is 79.3 Å². The first kappa shape index (κ1) is 7.84. The van der Waals surface area contributed by atoms with Gasteiger partial charge in [-0.05, 0) is 31.6 Å². The lowest BCUT2D eigenvalue weighted by molar-refractivity contribution is -0.147. The maximum absolute atomic E-state index is 11.8. The summed E-state index contributed by atoms with van der Waals surface area (Å²) in [5, 5.41) is 0. The van der Waals surface area contributed by atoms with Crippen molar-refractivity contribution in [2.45, 2.75) is 44.6 Å². The number of nitrogens with zero attached hydrogens (tertiary/aromatic N) is 1. The van der Waals surface area contributed by atoms with E-state index in [9.17, 15) is 4.79 Å². The molecule has 0 N–H and O–H groups in total. The zero-order valence-electron chi connectivity index (χ0n) is 8.04. The number of rotatable bonds is 1. The minimum absolute atomic E-state index is 0.433. The molecule has 72 valence electrons. The first-order chi connectivity index (χ1) is 6.36. The van der Waals surface area contributed by atoms with E-state index in [2.05, 4.69) is 4.90 Å². The van der Waals surface area contributed by atoms with Crippen molar-refractivity contribution in [3.63, 3.8) is 0 Å². The molecule has 0 bridgehead atoms. The van der Waals surface area contributed by atoms with Crippen LogP contribution in [-0.2, 0) is 4.79 Å². The number of fused-ring (bicyclic) bond motifs is 1. The van der Waals surface area contributed by atoms with E-state index in [-0.39, 0.29) is 0 Å². The summed E-state index contributed by atoms with van der Waals surface area (Å²) in [6, 6.07) is 0.654. The van der Waals surface area contributed by atoms with Gasteiger partial charge in [0, 0.05) is 18.5 Å². The molecule has 1 heterocycles. The highest BCUT2D eigenvalue weighted by Gasteiger charge is 2.46. The Morgan fingerprint density at radius 3 is 2.54 bits per heavy atom. The highest BCUT2D eigenvalue weighted by Crippen LogP contribution is 2.41. The van der Waals surface area contributed by atoms with Crippen LogP contribution in [0.4, 0.5) is 0 Å². The molecule has 2 saturated carbocycles. The van der Waals surface area contributed by atoms with E-state index >= 15 is 0 Å². The van der Waals surface area contributed by atoms with E-state index in [1.165, 1.54) is 25.7 Å². The van der Waals surface area contributed by atoms with Gasteiger partial charge < -0.3 is 4.90 Å². The molecule has 0 radical (unpaired) electrons. The molecule has 1 aliphatic heterocycles. The average molecular weight is 179 g/mol. The fourth-order valence-electron chi connectivity index (χ4n) is 2.88. The lowest BCUT2D eigenvalue weighted by Crippen LogP contribution is -2.60. The van der Waals surface area contributed by atoms with Crippen molar-refractivity contribution < 1.29 is 4.79 Å². The van der Waals surface area contributed by atoms with Crippen molar-refractivity contribution in [2.24, 2.45) is 11.8 Å². The highest BCUT2D eigenvalue weighted by molar-refractivity contribution is 5.82. The summed E-state index contributed by atoms with van der Waals surface area (Å²) < 4.78 is 0. The summed E-state index contributed by atoms with van der Waals surface area (Å²) >= 11 is 0. The van der Waals surface area contributed by atoms with Crippen molar-refractivity contribution in [3.05, 3.63) is 0 Å². The summed E-state index contributed by atoms with van der Waals surface area (Å²) in [6.45, 7) is 1.08. The summed E-state index contributed by atoms with van der Waals surface area (Å²) in [4.78, 5) is 13.9. The van der Waals surface area contributed by atoms with Crippen LogP contribution < -0.4 is 0 Å². The molecule has 0 aromatic rings. The number of likely N-dealkylation sites (tertiary alicyclic amines) is 1. The summed E-state index contributed by atoms with van der Waals surface area (Å²) in [5.74, 6) is 1.78. The molecule has 0 spiro atoms. The van der Waals surface area contributed by atoms with Gasteiger partial charge in [0.1, 0.15) is 0 Å². The molecule has 3 fully saturated rings. The lowest BCUT2D eigenvalue weighted by Gasteiger charge is -2.51. The number of carbonyl (C=O) groups excluding carboxylic acids is 1. The second kappa shape index (κ2) is 2.73. The van der Waals surface area contributed by atoms with Crippen LogP contribution in [0, 0.1) is 11.8 Å². The van der Waals surface area contributed by atoms with Crippen LogP contribution in [0.15, 0.2) is 0 Å². The molecule has 1 saturated heterocycles. The predicted octanol–water partition coefficient (Wildman–Crippen LogP) is 1.80. The van der Waals surface area contributed by atoms with Gasteiger partial charge >= 0.3 is 0 Å². The number of hydrogen-bond acceptors (Lipinski definition) is 1. The van der Waals surface area contributed by atoms with E-state index in [4.69, 9.17) is 0 Å². The molecule has 13 heavy (non-hydrogen) atoms. The number of carbonyl (C=O) groups is 1. The highest BCUT2D eigenvalue weighted by atomic mass is 16.2. The number of hydrogen-bond donors (Lipinski definition) is 0. The Hall–Kier alpha value is -0.530. The maximum atomic E-state index is 11.8. The second-order valence-corrected chi connectivity index (χ2v) is 4.88. The third kappa shape index (κ3) is 1.18. The minimum atomic E-state index is 0.433. The van der Waals surface area contributed by atoms with Gasteiger partial charge in [-0.2, -0.15) is 0 Å². The Kier molecular flexibility index (Phi) is 1.64. The van der Waals surface area contributed by atoms with E-state index < -0.39 is 0 Å². The fourth-order valence-corrected chi connectivity index (χ4v) is 2.88. The van der Waals surface area contributed by atoms with Gasteiger partial charge in [0.15, 0.2) is 0 Å². The topological polar surface area (TPSA) is 20.3 Å².